The Morgan fingerprint density at radius 2 is 2.00 bits per heavy atom. The van der Waals surface area contributed by atoms with Gasteiger partial charge in [0.05, 0.1) is 11.5 Å². The molecule has 0 unspecified atom stereocenters. The predicted molar refractivity (Wildman–Crippen MR) is 54.7 cm³/mol. The second-order valence-corrected chi connectivity index (χ2v) is 6.01. The fourth-order valence-corrected chi connectivity index (χ4v) is 3.14. The third-order valence-electron chi connectivity index (χ3n) is 2.73. The highest BCUT2D eigenvalue weighted by molar-refractivity contribution is 7.91. The molecule has 6 heteroatoms. The Labute approximate surface area is 88.0 Å². The quantitative estimate of drug-likeness (QED) is 0.621. The fourth-order valence-electron chi connectivity index (χ4n) is 1.92. The third kappa shape index (κ3) is 1.81. The number of carbonyl (C=O) groups excluding carboxylic acids is 1. The highest BCUT2D eigenvalue weighted by Gasteiger charge is 2.23. The van der Waals surface area contributed by atoms with Crippen molar-refractivity contribution in [2.45, 2.75) is 12.8 Å². The summed E-state index contributed by atoms with van der Waals surface area (Å²) in [7, 11) is -1.22. The van der Waals surface area contributed by atoms with E-state index in [1.807, 2.05) is 0 Å². The van der Waals surface area contributed by atoms with E-state index in [9.17, 15) is 13.2 Å². The molecule has 0 fully saturated rings. The average molecular weight is 228 g/mol. The zero-order chi connectivity index (χ0) is 11.1. The largest absolute Gasteiger partial charge is 0.296 e. The Balaban J connectivity index is 2.48. The molecule has 0 aliphatic carbocycles. The number of fused-ring (bicyclic) bond motifs is 1. The van der Waals surface area contributed by atoms with Gasteiger partial charge in [0.25, 0.3) is 0 Å². The van der Waals surface area contributed by atoms with Crippen LogP contribution in [-0.4, -0.2) is 36.0 Å². The molecule has 0 saturated heterocycles. The van der Waals surface area contributed by atoms with Gasteiger partial charge in [-0.05, 0) is 6.42 Å². The van der Waals surface area contributed by atoms with Crippen LogP contribution in [0.25, 0.3) is 0 Å². The van der Waals surface area contributed by atoms with E-state index in [1.165, 1.54) is 0 Å². The smallest absolute Gasteiger partial charge is 0.170 e. The number of nitrogens with zero attached hydrogens (tertiary/aromatic N) is 2. The van der Waals surface area contributed by atoms with E-state index in [0.29, 0.717) is 24.8 Å². The van der Waals surface area contributed by atoms with Gasteiger partial charge in [0.1, 0.15) is 5.69 Å². The molecule has 1 aliphatic rings. The minimum atomic E-state index is -2.96. The van der Waals surface area contributed by atoms with Gasteiger partial charge in [0.2, 0.25) is 0 Å². The van der Waals surface area contributed by atoms with Gasteiger partial charge < -0.3 is 0 Å². The number of hydrogen-bond acceptors (Lipinski definition) is 4. The van der Waals surface area contributed by atoms with Crippen molar-refractivity contribution in [1.82, 2.24) is 9.78 Å². The summed E-state index contributed by atoms with van der Waals surface area (Å²) >= 11 is 0. The van der Waals surface area contributed by atoms with Crippen LogP contribution in [-0.2, 0) is 29.7 Å². The zero-order valence-corrected chi connectivity index (χ0v) is 9.25. The first-order valence-electron chi connectivity index (χ1n) is 4.74. The van der Waals surface area contributed by atoms with Crippen LogP contribution in [0, 0.1) is 0 Å². The summed E-state index contributed by atoms with van der Waals surface area (Å²) in [6.45, 7) is 0. The van der Waals surface area contributed by atoms with Crippen molar-refractivity contribution in [1.29, 1.82) is 0 Å². The maximum Gasteiger partial charge on any atom is 0.170 e. The van der Waals surface area contributed by atoms with Crippen molar-refractivity contribution >= 4 is 16.1 Å². The highest BCUT2D eigenvalue weighted by Crippen LogP contribution is 2.19. The molecule has 1 aromatic heterocycles. The van der Waals surface area contributed by atoms with Gasteiger partial charge >= 0.3 is 0 Å². The van der Waals surface area contributed by atoms with E-state index in [0.717, 1.165) is 11.3 Å². The molecular formula is C9H12N2O3S. The van der Waals surface area contributed by atoms with E-state index < -0.39 is 9.84 Å². The Hall–Kier alpha value is -1.17. The Morgan fingerprint density at radius 1 is 1.33 bits per heavy atom. The fraction of sp³-hybridized carbons (Fsp3) is 0.556. The van der Waals surface area contributed by atoms with Crippen LogP contribution in [0.5, 0.6) is 0 Å². The molecular weight excluding hydrogens is 216 g/mol. The maximum atomic E-state index is 11.4. The molecule has 2 heterocycles. The van der Waals surface area contributed by atoms with Crippen molar-refractivity contribution in [2.75, 3.05) is 11.5 Å². The summed E-state index contributed by atoms with van der Waals surface area (Å²) in [5, 5.41) is 4.05. The van der Waals surface area contributed by atoms with Crippen molar-refractivity contribution in [3.8, 4) is 0 Å². The molecule has 0 bridgehead atoms. The summed E-state index contributed by atoms with van der Waals surface area (Å²) in [6, 6.07) is 0. The molecule has 2 rings (SSSR count). The monoisotopic (exact) mass is 228 g/mol. The Morgan fingerprint density at radius 3 is 2.67 bits per heavy atom. The normalized spacial score (nSPS) is 19.3. The van der Waals surface area contributed by atoms with Gasteiger partial charge in [-0.3, -0.25) is 9.48 Å². The molecule has 5 nitrogen and oxygen atoms in total. The number of rotatable bonds is 1. The standard InChI is InChI=1S/C9H12N2O3S/c1-11-9-3-5-15(13,14)4-2-7(9)8(6-12)10-11/h6H,2-5H2,1H3. The zero-order valence-electron chi connectivity index (χ0n) is 8.43. The Bertz CT molecular complexity index is 502. The van der Waals surface area contributed by atoms with Crippen molar-refractivity contribution in [2.24, 2.45) is 7.05 Å². The van der Waals surface area contributed by atoms with Gasteiger partial charge in [-0.1, -0.05) is 0 Å². The predicted octanol–water partition coefficient (Wildman–Crippen LogP) is -0.254. The minimum absolute atomic E-state index is 0.118. The second kappa shape index (κ2) is 3.44. The van der Waals surface area contributed by atoms with Gasteiger partial charge in [0.15, 0.2) is 16.1 Å². The van der Waals surface area contributed by atoms with E-state index in [4.69, 9.17) is 0 Å². The molecule has 15 heavy (non-hydrogen) atoms. The van der Waals surface area contributed by atoms with Crippen LogP contribution in [0.3, 0.4) is 0 Å². The number of hydrogen-bond donors (Lipinski definition) is 0. The molecule has 0 spiro atoms. The lowest BCUT2D eigenvalue weighted by Crippen LogP contribution is -2.12. The van der Waals surface area contributed by atoms with Crippen LogP contribution in [0.1, 0.15) is 21.7 Å². The van der Waals surface area contributed by atoms with E-state index in [1.54, 1.807) is 11.7 Å². The SMILES string of the molecule is Cn1nc(C=O)c2c1CCS(=O)(=O)CC2. The van der Waals surface area contributed by atoms with Crippen LogP contribution in [0.4, 0.5) is 0 Å². The van der Waals surface area contributed by atoms with Crippen molar-refractivity contribution < 1.29 is 13.2 Å². The van der Waals surface area contributed by atoms with Gasteiger partial charge in [-0.25, -0.2) is 8.42 Å². The number of sulfone groups is 1. The average Bonchev–Trinajstić information content (AvgIpc) is 2.38. The molecule has 0 radical (unpaired) electrons. The molecule has 0 saturated carbocycles. The number of aromatic nitrogens is 2. The summed E-state index contributed by atoms with van der Waals surface area (Å²) < 4.78 is 24.5. The number of aldehydes is 1. The van der Waals surface area contributed by atoms with Crippen LogP contribution < -0.4 is 0 Å². The van der Waals surface area contributed by atoms with E-state index >= 15 is 0 Å². The van der Waals surface area contributed by atoms with Crippen molar-refractivity contribution in [3.63, 3.8) is 0 Å². The van der Waals surface area contributed by atoms with Gasteiger partial charge in [-0.2, -0.15) is 5.10 Å². The summed E-state index contributed by atoms with van der Waals surface area (Å²) in [4.78, 5) is 10.7. The lowest BCUT2D eigenvalue weighted by Gasteiger charge is -1.99. The molecule has 1 aliphatic heterocycles. The first kappa shape index (κ1) is 10.4. The lowest BCUT2D eigenvalue weighted by molar-refractivity contribution is 0.111. The number of carbonyl (C=O) groups is 1. The van der Waals surface area contributed by atoms with E-state index in [-0.39, 0.29) is 11.5 Å². The highest BCUT2D eigenvalue weighted by atomic mass is 32.2. The molecule has 0 N–H and O–H groups in total. The van der Waals surface area contributed by atoms with E-state index in [2.05, 4.69) is 5.10 Å². The van der Waals surface area contributed by atoms with Crippen LogP contribution >= 0.6 is 0 Å². The van der Waals surface area contributed by atoms with Gasteiger partial charge in [-0.15, -0.1) is 0 Å². The second-order valence-electron chi connectivity index (χ2n) is 3.70. The lowest BCUT2D eigenvalue weighted by atomic mass is 10.1. The minimum Gasteiger partial charge on any atom is -0.296 e. The molecule has 82 valence electrons. The van der Waals surface area contributed by atoms with Crippen molar-refractivity contribution in [3.05, 3.63) is 17.0 Å². The number of aryl methyl sites for hydroxylation is 1. The molecule has 0 aromatic carbocycles. The summed E-state index contributed by atoms with van der Waals surface area (Å²) in [6.07, 6.45) is 1.55. The molecule has 0 atom stereocenters. The van der Waals surface area contributed by atoms with Gasteiger partial charge in [0, 0.05) is 24.7 Å². The topological polar surface area (TPSA) is 69.0 Å². The molecule has 0 amide bonds. The van der Waals surface area contributed by atoms with Crippen LogP contribution in [0.15, 0.2) is 0 Å². The molecule has 1 aromatic rings. The first-order valence-corrected chi connectivity index (χ1v) is 6.56. The maximum absolute atomic E-state index is 11.4. The first-order chi connectivity index (χ1) is 7.03. The summed E-state index contributed by atoms with van der Waals surface area (Å²) in [5.41, 5.74) is 2.05. The van der Waals surface area contributed by atoms with Crippen LogP contribution in [0.2, 0.25) is 0 Å². The summed E-state index contributed by atoms with van der Waals surface area (Å²) in [5.74, 6) is 0.268. The Kier molecular flexibility index (Phi) is 2.38. The third-order valence-corrected chi connectivity index (χ3v) is 4.38.